The highest BCUT2D eigenvalue weighted by atomic mass is 35.5. The Morgan fingerprint density at radius 2 is 1.88 bits per heavy atom. The van der Waals surface area contributed by atoms with Crippen LogP contribution < -0.4 is 15.5 Å². The molecule has 0 saturated carbocycles. The number of carbonyl (C=O) groups is 2. The molecule has 8 heteroatoms. The second kappa shape index (κ2) is 8.80. The molecule has 1 aromatic carbocycles. The highest BCUT2D eigenvalue weighted by molar-refractivity contribution is 6.36. The normalized spacial score (nSPS) is 11.7. The molecule has 1 atom stereocenters. The molecule has 1 heterocycles. The van der Waals surface area contributed by atoms with Gasteiger partial charge in [-0.05, 0) is 18.2 Å². The van der Waals surface area contributed by atoms with Crippen LogP contribution in [0.15, 0.2) is 36.5 Å². The van der Waals surface area contributed by atoms with Crippen LogP contribution in [0.4, 0.5) is 5.82 Å². The molecular formula is C17H19Cl2N4O2+. The first-order chi connectivity index (χ1) is 11.9. The molecule has 0 bridgehead atoms. The van der Waals surface area contributed by atoms with E-state index in [0.29, 0.717) is 28.0 Å². The van der Waals surface area contributed by atoms with Crippen LogP contribution in [0.5, 0.6) is 0 Å². The zero-order chi connectivity index (χ0) is 18.4. The highest BCUT2D eigenvalue weighted by Crippen LogP contribution is 2.22. The number of pyridine rings is 1. The Morgan fingerprint density at radius 3 is 2.48 bits per heavy atom. The molecule has 2 aromatic rings. The van der Waals surface area contributed by atoms with Crippen molar-refractivity contribution < 1.29 is 14.5 Å². The first-order valence-electron chi connectivity index (χ1n) is 7.62. The zero-order valence-electron chi connectivity index (χ0n) is 13.9. The SMILES string of the molecule is CNC(=O)c1ccc(C[NH+](C)CC(=O)Nc2ncc(Cl)cc2Cl)cc1. The highest BCUT2D eigenvalue weighted by Gasteiger charge is 2.13. The summed E-state index contributed by atoms with van der Waals surface area (Å²) in [4.78, 5) is 28.6. The molecule has 3 N–H and O–H groups in total. The average Bonchev–Trinajstić information content (AvgIpc) is 2.57. The van der Waals surface area contributed by atoms with E-state index in [2.05, 4.69) is 15.6 Å². The quantitative estimate of drug-likeness (QED) is 0.707. The first kappa shape index (κ1) is 19.2. The van der Waals surface area contributed by atoms with Crippen LogP contribution >= 0.6 is 23.2 Å². The van der Waals surface area contributed by atoms with Crippen molar-refractivity contribution in [2.24, 2.45) is 0 Å². The summed E-state index contributed by atoms with van der Waals surface area (Å²) >= 11 is 11.8. The molecule has 0 saturated heterocycles. The Kier molecular flexibility index (Phi) is 6.75. The van der Waals surface area contributed by atoms with Crippen molar-refractivity contribution in [1.29, 1.82) is 0 Å². The third-order valence-corrected chi connectivity index (χ3v) is 3.97. The number of aromatic nitrogens is 1. The van der Waals surface area contributed by atoms with Gasteiger partial charge in [0.05, 0.1) is 17.1 Å². The van der Waals surface area contributed by atoms with E-state index in [0.717, 1.165) is 10.5 Å². The van der Waals surface area contributed by atoms with Crippen molar-refractivity contribution in [2.45, 2.75) is 6.54 Å². The summed E-state index contributed by atoms with van der Waals surface area (Å²) in [5, 5.41) is 5.95. The number of nitrogens with one attached hydrogen (secondary N) is 3. The van der Waals surface area contributed by atoms with Crippen molar-refractivity contribution in [3.05, 3.63) is 57.7 Å². The zero-order valence-corrected chi connectivity index (χ0v) is 15.4. The van der Waals surface area contributed by atoms with E-state index in [-0.39, 0.29) is 18.4 Å². The van der Waals surface area contributed by atoms with Gasteiger partial charge in [0.2, 0.25) is 0 Å². The van der Waals surface area contributed by atoms with E-state index in [9.17, 15) is 9.59 Å². The number of rotatable bonds is 6. The van der Waals surface area contributed by atoms with Crippen LogP contribution in [0.2, 0.25) is 10.0 Å². The maximum atomic E-state index is 12.1. The summed E-state index contributed by atoms with van der Waals surface area (Å²) in [5.74, 6) is -0.0334. The van der Waals surface area contributed by atoms with Crippen molar-refractivity contribution in [3.8, 4) is 0 Å². The third kappa shape index (κ3) is 5.70. The van der Waals surface area contributed by atoms with Gasteiger partial charge in [-0.25, -0.2) is 4.98 Å². The maximum absolute atomic E-state index is 12.1. The molecule has 2 amide bonds. The predicted molar refractivity (Wildman–Crippen MR) is 98.2 cm³/mol. The summed E-state index contributed by atoms with van der Waals surface area (Å²) < 4.78 is 0. The van der Waals surface area contributed by atoms with Gasteiger partial charge in [-0.15, -0.1) is 0 Å². The molecule has 0 aliphatic heterocycles. The molecule has 1 unspecified atom stereocenters. The number of nitrogens with zero attached hydrogens (tertiary/aromatic N) is 1. The molecule has 0 fully saturated rings. The van der Waals surface area contributed by atoms with Crippen molar-refractivity contribution >= 4 is 40.8 Å². The minimum Gasteiger partial charge on any atom is -0.355 e. The van der Waals surface area contributed by atoms with Gasteiger partial charge in [0.25, 0.3) is 11.8 Å². The second-order valence-electron chi connectivity index (χ2n) is 5.62. The third-order valence-electron chi connectivity index (χ3n) is 3.48. The van der Waals surface area contributed by atoms with Crippen LogP contribution in [0.3, 0.4) is 0 Å². The number of quaternary nitrogens is 1. The molecule has 25 heavy (non-hydrogen) atoms. The predicted octanol–water partition coefficient (Wildman–Crippen LogP) is 1.40. The first-order valence-corrected chi connectivity index (χ1v) is 8.38. The van der Waals surface area contributed by atoms with E-state index in [1.54, 1.807) is 19.2 Å². The van der Waals surface area contributed by atoms with Crippen LogP contribution in [0.1, 0.15) is 15.9 Å². The smallest absolute Gasteiger partial charge is 0.280 e. The topological polar surface area (TPSA) is 75.5 Å². The van der Waals surface area contributed by atoms with Gasteiger partial charge in [0.15, 0.2) is 12.4 Å². The van der Waals surface area contributed by atoms with Crippen LogP contribution in [-0.4, -0.2) is 37.4 Å². The summed E-state index contributed by atoms with van der Waals surface area (Å²) in [6.45, 7) is 0.890. The number of hydrogen-bond donors (Lipinski definition) is 3. The van der Waals surface area contributed by atoms with Crippen molar-refractivity contribution in [2.75, 3.05) is 26.0 Å². The Bertz CT molecular complexity index is 766. The summed E-state index contributed by atoms with van der Waals surface area (Å²) in [7, 11) is 3.50. The van der Waals surface area contributed by atoms with E-state index in [4.69, 9.17) is 23.2 Å². The van der Waals surface area contributed by atoms with Crippen LogP contribution in [-0.2, 0) is 11.3 Å². The van der Waals surface area contributed by atoms with Crippen LogP contribution in [0.25, 0.3) is 0 Å². The van der Waals surface area contributed by atoms with E-state index >= 15 is 0 Å². The number of halogens is 2. The summed E-state index contributed by atoms with van der Waals surface area (Å²) in [6.07, 6.45) is 1.42. The number of carbonyl (C=O) groups excluding carboxylic acids is 2. The Balaban J connectivity index is 1.89. The van der Waals surface area contributed by atoms with E-state index < -0.39 is 0 Å². The number of likely N-dealkylation sites (N-methyl/N-ethyl adjacent to an activating group) is 1. The van der Waals surface area contributed by atoms with Gasteiger partial charge in [-0.2, -0.15) is 0 Å². The lowest BCUT2D eigenvalue weighted by molar-refractivity contribution is -0.885. The van der Waals surface area contributed by atoms with Crippen molar-refractivity contribution in [1.82, 2.24) is 10.3 Å². The molecular weight excluding hydrogens is 363 g/mol. The van der Waals surface area contributed by atoms with Gasteiger partial charge in [-0.3, -0.25) is 9.59 Å². The standard InChI is InChI=1S/C17H18Cl2N4O2/c1-20-17(25)12-5-3-11(4-6-12)9-23(2)10-15(24)22-16-14(19)7-13(18)8-21-16/h3-8H,9-10H2,1-2H3,(H,20,25)(H,21,22,24)/p+1. The molecule has 0 spiro atoms. The fraction of sp³-hybridized carbons (Fsp3) is 0.235. The van der Waals surface area contributed by atoms with Gasteiger partial charge in [-0.1, -0.05) is 35.3 Å². The molecule has 0 radical (unpaired) electrons. The lowest BCUT2D eigenvalue weighted by atomic mass is 10.1. The van der Waals surface area contributed by atoms with Crippen molar-refractivity contribution in [3.63, 3.8) is 0 Å². The van der Waals surface area contributed by atoms with Gasteiger partial charge < -0.3 is 15.5 Å². The molecule has 0 aliphatic rings. The molecule has 6 nitrogen and oxygen atoms in total. The number of benzene rings is 1. The number of anilines is 1. The minimum atomic E-state index is -0.198. The maximum Gasteiger partial charge on any atom is 0.280 e. The van der Waals surface area contributed by atoms with Gasteiger partial charge in [0.1, 0.15) is 6.54 Å². The molecule has 132 valence electrons. The van der Waals surface area contributed by atoms with Gasteiger partial charge >= 0.3 is 0 Å². The largest absolute Gasteiger partial charge is 0.355 e. The van der Waals surface area contributed by atoms with Crippen LogP contribution in [0, 0.1) is 0 Å². The lowest BCUT2D eigenvalue weighted by Gasteiger charge is -2.14. The Morgan fingerprint density at radius 1 is 1.20 bits per heavy atom. The van der Waals surface area contributed by atoms with Gasteiger partial charge in [0, 0.05) is 24.4 Å². The van der Waals surface area contributed by atoms with E-state index in [1.165, 1.54) is 12.3 Å². The average molecular weight is 382 g/mol. The fourth-order valence-corrected chi connectivity index (χ4v) is 2.71. The number of hydrogen-bond acceptors (Lipinski definition) is 3. The van der Waals surface area contributed by atoms with E-state index in [1.807, 2.05) is 19.2 Å². The number of amides is 2. The lowest BCUT2D eigenvalue weighted by Crippen LogP contribution is -3.08. The second-order valence-corrected chi connectivity index (χ2v) is 6.46. The summed E-state index contributed by atoms with van der Waals surface area (Å²) in [5.41, 5.74) is 1.63. The monoisotopic (exact) mass is 381 g/mol. The molecule has 0 aliphatic carbocycles. The Labute approximate surface area is 156 Å². The Hall–Kier alpha value is -2.15. The fourth-order valence-electron chi connectivity index (χ4n) is 2.29. The molecule has 1 aromatic heterocycles. The minimum absolute atomic E-state index is 0.126. The summed E-state index contributed by atoms with van der Waals surface area (Å²) in [6, 6.07) is 8.81. The molecule has 2 rings (SSSR count).